The van der Waals surface area contributed by atoms with E-state index in [-0.39, 0.29) is 12.8 Å². The van der Waals surface area contributed by atoms with Crippen molar-refractivity contribution in [2.24, 2.45) is 0 Å². The molecule has 0 atom stereocenters. The van der Waals surface area contributed by atoms with Gasteiger partial charge in [0.1, 0.15) is 5.75 Å². The maximum Gasteiger partial charge on any atom is 0.315 e. The zero-order chi connectivity index (χ0) is 16.8. The molecule has 0 unspecified atom stereocenters. The van der Waals surface area contributed by atoms with Crippen LogP contribution in [0.5, 0.6) is 17.2 Å². The molecule has 0 aromatic heterocycles. The second-order valence-corrected chi connectivity index (χ2v) is 5.30. The van der Waals surface area contributed by atoms with Crippen molar-refractivity contribution in [3.05, 3.63) is 53.6 Å². The van der Waals surface area contributed by atoms with Crippen LogP contribution in [0.15, 0.2) is 42.5 Å². The van der Waals surface area contributed by atoms with Gasteiger partial charge >= 0.3 is 6.03 Å². The molecule has 24 heavy (non-hydrogen) atoms. The quantitative estimate of drug-likeness (QED) is 0.855. The molecule has 0 saturated carbocycles. The number of fused-ring (bicyclic) bond motifs is 1. The largest absolute Gasteiger partial charge is 0.494 e. The standard InChI is InChI=1S/C18H20N2O4/c1-2-22-15-6-3-13(4-7-15)10-19-18(21)20-11-14-5-8-16-17(9-14)24-12-23-16/h3-9H,2,10-12H2,1H3,(H2,19,20,21). The first-order chi connectivity index (χ1) is 11.7. The van der Waals surface area contributed by atoms with Crippen molar-refractivity contribution in [1.82, 2.24) is 10.6 Å². The lowest BCUT2D eigenvalue weighted by Crippen LogP contribution is -2.34. The lowest BCUT2D eigenvalue weighted by atomic mass is 10.2. The molecule has 0 radical (unpaired) electrons. The van der Waals surface area contributed by atoms with E-state index in [1.807, 2.05) is 49.4 Å². The van der Waals surface area contributed by atoms with E-state index < -0.39 is 0 Å². The predicted molar refractivity (Wildman–Crippen MR) is 89.3 cm³/mol. The van der Waals surface area contributed by atoms with Gasteiger partial charge in [0.05, 0.1) is 6.61 Å². The molecule has 0 spiro atoms. The van der Waals surface area contributed by atoms with Crippen molar-refractivity contribution in [1.29, 1.82) is 0 Å². The van der Waals surface area contributed by atoms with Crippen molar-refractivity contribution in [2.75, 3.05) is 13.4 Å². The number of ether oxygens (including phenoxy) is 3. The van der Waals surface area contributed by atoms with Gasteiger partial charge in [-0.2, -0.15) is 0 Å². The van der Waals surface area contributed by atoms with Crippen LogP contribution in [0.25, 0.3) is 0 Å². The van der Waals surface area contributed by atoms with Gasteiger partial charge in [0.25, 0.3) is 0 Å². The Hall–Kier alpha value is -2.89. The number of rotatable bonds is 6. The second kappa shape index (κ2) is 7.59. The van der Waals surface area contributed by atoms with E-state index in [0.29, 0.717) is 25.4 Å². The Kier molecular flexibility index (Phi) is 5.05. The number of amides is 2. The number of carbonyl (C=O) groups is 1. The summed E-state index contributed by atoms with van der Waals surface area (Å²) in [6, 6.07) is 13.1. The SMILES string of the molecule is CCOc1ccc(CNC(=O)NCc2ccc3c(c2)OCO3)cc1. The van der Waals surface area contributed by atoms with Gasteiger partial charge in [-0.1, -0.05) is 18.2 Å². The normalized spacial score (nSPS) is 11.9. The third-order valence-corrected chi connectivity index (χ3v) is 3.58. The van der Waals surface area contributed by atoms with Gasteiger partial charge in [0, 0.05) is 13.1 Å². The van der Waals surface area contributed by atoms with E-state index in [1.165, 1.54) is 0 Å². The number of carbonyl (C=O) groups excluding carboxylic acids is 1. The Morgan fingerprint density at radius 3 is 2.42 bits per heavy atom. The number of benzene rings is 2. The van der Waals surface area contributed by atoms with Gasteiger partial charge in [-0.3, -0.25) is 0 Å². The summed E-state index contributed by atoms with van der Waals surface area (Å²) in [6.07, 6.45) is 0. The van der Waals surface area contributed by atoms with Crippen LogP contribution in [-0.2, 0) is 13.1 Å². The molecule has 2 aromatic rings. The van der Waals surface area contributed by atoms with Gasteiger partial charge in [-0.25, -0.2) is 4.79 Å². The van der Waals surface area contributed by atoms with Crippen LogP contribution in [0.3, 0.4) is 0 Å². The van der Waals surface area contributed by atoms with Crippen molar-refractivity contribution in [3.63, 3.8) is 0 Å². The average molecular weight is 328 g/mol. The zero-order valence-electron chi connectivity index (χ0n) is 13.5. The van der Waals surface area contributed by atoms with Crippen LogP contribution in [0.2, 0.25) is 0 Å². The molecule has 2 amide bonds. The smallest absolute Gasteiger partial charge is 0.315 e. The summed E-state index contributed by atoms with van der Waals surface area (Å²) >= 11 is 0. The summed E-state index contributed by atoms with van der Waals surface area (Å²) in [4.78, 5) is 11.9. The lowest BCUT2D eigenvalue weighted by molar-refractivity contribution is 0.174. The van der Waals surface area contributed by atoms with Gasteiger partial charge < -0.3 is 24.8 Å². The van der Waals surface area contributed by atoms with Crippen LogP contribution >= 0.6 is 0 Å². The predicted octanol–water partition coefficient (Wildman–Crippen LogP) is 2.81. The van der Waals surface area contributed by atoms with E-state index in [4.69, 9.17) is 14.2 Å². The highest BCUT2D eigenvalue weighted by atomic mass is 16.7. The minimum atomic E-state index is -0.221. The summed E-state index contributed by atoms with van der Waals surface area (Å²) in [5.74, 6) is 2.27. The monoisotopic (exact) mass is 328 g/mol. The molecule has 0 bridgehead atoms. The molecule has 1 aliphatic heterocycles. The van der Waals surface area contributed by atoms with E-state index in [0.717, 1.165) is 22.6 Å². The van der Waals surface area contributed by atoms with E-state index in [2.05, 4.69) is 10.6 Å². The van der Waals surface area contributed by atoms with E-state index >= 15 is 0 Å². The molecule has 0 aliphatic carbocycles. The molecule has 126 valence electrons. The molecule has 3 rings (SSSR count). The topological polar surface area (TPSA) is 68.8 Å². The molecule has 6 nitrogen and oxygen atoms in total. The van der Waals surface area contributed by atoms with Crippen LogP contribution < -0.4 is 24.8 Å². The molecule has 1 heterocycles. The molecule has 2 aromatic carbocycles. The number of hydrogen-bond donors (Lipinski definition) is 2. The number of urea groups is 1. The maximum absolute atomic E-state index is 11.9. The van der Waals surface area contributed by atoms with Crippen LogP contribution in [0.4, 0.5) is 4.79 Å². The highest BCUT2D eigenvalue weighted by molar-refractivity contribution is 5.73. The van der Waals surface area contributed by atoms with Crippen LogP contribution in [0, 0.1) is 0 Å². The van der Waals surface area contributed by atoms with Gasteiger partial charge in [-0.15, -0.1) is 0 Å². The van der Waals surface area contributed by atoms with E-state index in [9.17, 15) is 4.79 Å². The van der Waals surface area contributed by atoms with Crippen LogP contribution in [0.1, 0.15) is 18.1 Å². The summed E-state index contributed by atoms with van der Waals surface area (Å²) in [5.41, 5.74) is 1.96. The molecule has 0 fully saturated rings. The first-order valence-electron chi connectivity index (χ1n) is 7.86. The highest BCUT2D eigenvalue weighted by Gasteiger charge is 2.13. The second-order valence-electron chi connectivity index (χ2n) is 5.30. The molecule has 0 saturated heterocycles. The third-order valence-electron chi connectivity index (χ3n) is 3.58. The van der Waals surface area contributed by atoms with Gasteiger partial charge in [-0.05, 0) is 42.3 Å². The first-order valence-corrected chi connectivity index (χ1v) is 7.86. The Bertz CT molecular complexity index is 701. The fourth-order valence-corrected chi connectivity index (χ4v) is 2.35. The van der Waals surface area contributed by atoms with Crippen molar-refractivity contribution >= 4 is 6.03 Å². The summed E-state index contributed by atoms with van der Waals surface area (Å²) in [7, 11) is 0. The Balaban J connectivity index is 1.44. The highest BCUT2D eigenvalue weighted by Crippen LogP contribution is 2.32. The maximum atomic E-state index is 11.9. The number of hydrogen-bond acceptors (Lipinski definition) is 4. The molecular formula is C18H20N2O4. The van der Waals surface area contributed by atoms with Crippen molar-refractivity contribution in [3.8, 4) is 17.2 Å². The number of nitrogens with one attached hydrogen (secondary N) is 2. The Morgan fingerprint density at radius 1 is 1.00 bits per heavy atom. The molecular weight excluding hydrogens is 308 g/mol. The third kappa shape index (κ3) is 4.10. The average Bonchev–Trinajstić information content (AvgIpc) is 3.07. The van der Waals surface area contributed by atoms with E-state index in [1.54, 1.807) is 0 Å². The van der Waals surface area contributed by atoms with Crippen molar-refractivity contribution in [2.45, 2.75) is 20.0 Å². The molecule has 6 heteroatoms. The van der Waals surface area contributed by atoms with Crippen molar-refractivity contribution < 1.29 is 19.0 Å². The minimum absolute atomic E-state index is 0.221. The Labute approximate surface area is 140 Å². The fourth-order valence-electron chi connectivity index (χ4n) is 2.35. The lowest BCUT2D eigenvalue weighted by Gasteiger charge is -2.09. The summed E-state index contributed by atoms with van der Waals surface area (Å²) in [5, 5.41) is 5.65. The fraction of sp³-hybridized carbons (Fsp3) is 0.278. The van der Waals surface area contributed by atoms with Gasteiger partial charge in [0.2, 0.25) is 6.79 Å². The minimum Gasteiger partial charge on any atom is -0.494 e. The first kappa shape index (κ1) is 16.0. The van der Waals surface area contributed by atoms with Crippen LogP contribution in [-0.4, -0.2) is 19.4 Å². The zero-order valence-corrected chi connectivity index (χ0v) is 13.5. The Morgan fingerprint density at radius 2 is 1.67 bits per heavy atom. The molecule has 1 aliphatic rings. The van der Waals surface area contributed by atoms with Gasteiger partial charge in [0.15, 0.2) is 11.5 Å². The summed E-state index contributed by atoms with van der Waals surface area (Å²) < 4.78 is 16.0. The summed E-state index contributed by atoms with van der Waals surface area (Å²) in [6.45, 7) is 3.71. The molecule has 2 N–H and O–H groups in total.